The summed E-state index contributed by atoms with van der Waals surface area (Å²) in [5, 5.41) is 20.1. The van der Waals surface area contributed by atoms with Crippen molar-refractivity contribution in [1.82, 2.24) is 0 Å². The van der Waals surface area contributed by atoms with Crippen LogP contribution in [0.25, 0.3) is 0 Å². The fourth-order valence-electron chi connectivity index (χ4n) is 3.26. The Kier molecular flexibility index (Phi) is 5.98. The molecule has 3 aromatic carbocycles. The molecule has 10 heteroatoms. The predicted octanol–water partition coefficient (Wildman–Crippen LogP) is 5.89. The third-order valence-electron chi connectivity index (χ3n) is 4.40. The lowest BCUT2D eigenvalue weighted by molar-refractivity contribution is 0.416. The van der Waals surface area contributed by atoms with Gasteiger partial charge in [0, 0.05) is 5.56 Å². The molecule has 3 aromatic rings. The molecule has 0 aliphatic heterocycles. The van der Waals surface area contributed by atoms with Crippen LogP contribution in [0.15, 0.2) is 54.6 Å². The Hall–Kier alpha value is -1.67. The van der Waals surface area contributed by atoms with Crippen LogP contribution in [-0.4, -0.2) is 23.2 Å². The molecular weight excluding hydrogens is 482 g/mol. The first-order valence-corrected chi connectivity index (χ1v) is 10.9. The van der Waals surface area contributed by atoms with Crippen molar-refractivity contribution in [2.24, 2.45) is 0 Å². The van der Waals surface area contributed by atoms with Crippen molar-refractivity contribution in [3.63, 3.8) is 0 Å². The molecule has 3 N–H and O–H groups in total. The maximum Gasteiger partial charge on any atom is 0.283 e. The Labute approximate surface area is 186 Å². The highest BCUT2D eigenvalue weighted by Gasteiger charge is 2.54. The maximum atomic E-state index is 13.0. The Balaban J connectivity index is 2.72. The number of halogens is 4. The highest BCUT2D eigenvalue weighted by Crippen LogP contribution is 2.55. The van der Waals surface area contributed by atoms with E-state index in [4.69, 9.17) is 46.4 Å². The molecule has 0 aliphatic rings. The molecule has 0 saturated heterocycles. The molecule has 0 amide bonds. The fourth-order valence-corrected chi connectivity index (χ4v) is 5.83. The molecule has 0 aliphatic carbocycles. The average molecular weight is 494 g/mol. The second-order valence-electron chi connectivity index (χ2n) is 6.04. The summed E-state index contributed by atoms with van der Waals surface area (Å²) >= 11 is 25.0. The zero-order chi connectivity index (χ0) is 21.6. The third kappa shape index (κ3) is 3.44. The molecule has 0 aromatic heterocycles. The minimum Gasteiger partial charge on any atom is -0.507 e. The minimum absolute atomic E-state index is 0.0681. The zero-order valence-electron chi connectivity index (χ0n) is 14.3. The molecular formula is C19H12Cl4O5S. The van der Waals surface area contributed by atoms with Gasteiger partial charge in [-0.3, -0.25) is 4.55 Å². The zero-order valence-corrected chi connectivity index (χ0v) is 18.1. The molecule has 1 atom stereocenters. The fraction of sp³-hybridized carbons (Fsp3) is 0.0526. The van der Waals surface area contributed by atoms with Gasteiger partial charge in [0.15, 0.2) is 4.75 Å². The molecule has 3 rings (SSSR count). The van der Waals surface area contributed by atoms with Crippen LogP contribution in [0.1, 0.15) is 16.7 Å². The van der Waals surface area contributed by atoms with Gasteiger partial charge in [0.25, 0.3) is 10.1 Å². The normalized spacial score (nSPS) is 13.8. The standard InChI is InChI=1S/C19H12Cl4O5S/c20-11-9-12(21)18(23)16(17(11)22)19(29(26,27)28,10-5-2-1-3-6-10)15-13(24)7-4-8-14(15)25/h1-9,24-25H,(H,26,27,28). The molecule has 0 spiro atoms. The van der Waals surface area contributed by atoms with Gasteiger partial charge in [0.1, 0.15) is 11.5 Å². The molecule has 1 unspecified atom stereocenters. The van der Waals surface area contributed by atoms with Crippen molar-refractivity contribution in [1.29, 1.82) is 0 Å². The topological polar surface area (TPSA) is 94.8 Å². The molecule has 0 fully saturated rings. The highest BCUT2D eigenvalue weighted by molar-refractivity contribution is 7.87. The number of aromatic hydroxyl groups is 2. The van der Waals surface area contributed by atoms with Crippen molar-refractivity contribution in [3.05, 3.63) is 91.4 Å². The van der Waals surface area contributed by atoms with Gasteiger partial charge in [0.2, 0.25) is 0 Å². The van der Waals surface area contributed by atoms with Crippen LogP contribution in [0, 0.1) is 0 Å². The first-order valence-electron chi connectivity index (χ1n) is 7.91. The Bertz CT molecular complexity index is 1150. The molecule has 152 valence electrons. The lowest BCUT2D eigenvalue weighted by Gasteiger charge is -2.35. The number of rotatable bonds is 4. The van der Waals surface area contributed by atoms with Gasteiger partial charge in [-0.25, -0.2) is 0 Å². The molecule has 29 heavy (non-hydrogen) atoms. The highest BCUT2D eigenvalue weighted by atomic mass is 35.5. The molecule has 0 heterocycles. The number of phenols is 2. The van der Waals surface area contributed by atoms with Crippen LogP contribution in [0.2, 0.25) is 20.1 Å². The largest absolute Gasteiger partial charge is 0.507 e. The van der Waals surface area contributed by atoms with Gasteiger partial charge in [-0.05, 0) is 23.8 Å². The molecule has 0 bridgehead atoms. The second-order valence-corrected chi connectivity index (χ2v) is 9.17. The number of benzene rings is 3. The van der Waals surface area contributed by atoms with E-state index < -0.39 is 37.5 Å². The first-order chi connectivity index (χ1) is 13.5. The van der Waals surface area contributed by atoms with Gasteiger partial charge in [-0.2, -0.15) is 8.42 Å². The van der Waals surface area contributed by atoms with Crippen molar-refractivity contribution in [2.45, 2.75) is 4.75 Å². The van der Waals surface area contributed by atoms with Crippen molar-refractivity contribution in [3.8, 4) is 11.5 Å². The van der Waals surface area contributed by atoms with E-state index in [1.165, 1.54) is 36.4 Å². The van der Waals surface area contributed by atoms with E-state index >= 15 is 0 Å². The lowest BCUT2D eigenvalue weighted by atomic mass is 9.82. The van der Waals surface area contributed by atoms with Crippen LogP contribution in [0.3, 0.4) is 0 Å². The number of hydrogen-bond donors (Lipinski definition) is 3. The average Bonchev–Trinajstić information content (AvgIpc) is 2.64. The van der Waals surface area contributed by atoms with Crippen molar-refractivity contribution < 1.29 is 23.2 Å². The van der Waals surface area contributed by atoms with Crippen molar-refractivity contribution in [2.75, 3.05) is 0 Å². The van der Waals surface area contributed by atoms with E-state index in [-0.39, 0.29) is 25.7 Å². The third-order valence-corrected chi connectivity index (χ3v) is 7.40. The van der Waals surface area contributed by atoms with E-state index in [9.17, 15) is 23.2 Å². The predicted molar refractivity (Wildman–Crippen MR) is 114 cm³/mol. The Morgan fingerprint density at radius 2 is 1.21 bits per heavy atom. The molecule has 5 nitrogen and oxygen atoms in total. The summed E-state index contributed by atoms with van der Waals surface area (Å²) in [6.07, 6.45) is 0. The van der Waals surface area contributed by atoms with Gasteiger partial charge in [0.05, 0.1) is 25.7 Å². The van der Waals surface area contributed by atoms with E-state index in [1.54, 1.807) is 6.07 Å². The maximum absolute atomic E-state index is 13.0. The van der Waals surface area contributed by atoms with Gasteiger partial charge >= 0.3 is 0 Å². The minimum atomic E-state index is -5.22. The summed E-state index contributed by atoms with van der Waals surface area (Å²) in [7, 11) is -5.22. The van der Waals surface area contributed by atoms with E-state index in [0.717, 1.165) is 12.1 Å². The molecule has 0 radical (unpaired) electrons. The van der Waals surface area contributed by atoms with E-state index in [0.29, 0.717) is 0 Å². The SMILES string of the molecule is O=S(=O)(O)C(c1ccccc1)(c1c(O)cccc1O)c1c(Cl)c(Cl)cc(Cl)c1Cl. The smallest absolute Gasteiger partial charge is 0.283 e. The van der Waals surface area contributed by atoms with Crippen LogP contribution in [0.5, 0.6) is 11.5 Å². The molecule has 0 saturated carbocycles. The second kappa shape index (κ2) is 7.87. The Morgan fingerprint density at radius 1 is 0.724 bits per heavy atom. The van der Waals surface area contributed by atoms with Gasteiger partial charge in [-0.1, -0.05) is 82.8 Å². The number of phenolic OH excluding ortho intramolecular Hbond substituents is 2. The summed E-state index contributed by atoms with van der Waals surface area (Å²) in [5.41, 5.74) is -1.04. The summed E-state index contributed by atoms with van der Waals surface area (Å²) in [4.78, 5) is 0. The first kappa shape index (κ1) is 22.0. The number of hydrogen-bond acceptors (Lipinski definition) is 4. The van der Waals surface area contributed by atoms with Gasteiger partial charge in [-0.15, -0.1) is 0 Å². The quantitative estimate of drug-likeness (QED) is 0.239. The van der Waals surface area contributed by atoms with Crippen LogP contribution >= 0.6 is 46.4 Å². The summed E-state index contributed by atoms with van der Waals surface area (Å²) < 4.78 is 33.9. The monoisotopic (exact) mass is 492 g/mol. The van der Waals surface area contributed by atoms with Crippen LogP contribution in [0.4, 0.5) is 0 Å². The Morgan fingerprint density at radius 3 is 1.66 bits per heavy atom. The summed E-state index contributed by atoms with van der Waals surface area (Å²) in [6, 6.07) is 12.1. The van der Waals surface area contributed by atoms with E-state index in [2.05, 4.69) is 0 Å². The van der Waals surface area contributed by atoms with Crippen LogP contribution < -0.4 is 0 Å². The summed E-state index contributed by atoms with van der Waals surface area (Å²) in [6.45, 7) is 0. The van der Waals surface area contributed by atoms with Gasteiger partial charge < -0.3 is 10.2 Å². The van der Waals surface area contributed by atoms with Crippen LogP contribution in [-0.2, 0) is 14.9 Å². The van der Waals surface area contributed by atoms with E-state index in [1.807, 2.05) is 0 Å². The summed E-state index contributed by atoms with van der Waals surface area (Å²) in [5.74, 6) is -1.26. The lowest BCUT2D eigenvalue weighted by Crippen LogP contribution is -2.39. The van der Waals surface area contributed by atoms with Crippen molar-refractivity contribution >= 4 is 56.5 Å².